The summed E-state index contributed by atoms with van der Waals surface area (Å²) in [6, 6.07) is 6.10. The zero-order valence-corrected chi connectivity index (χ0v) is 11.6. The van der Waals surface area contributed by atoms with E-state index in [2.05, 4.69) is 28.9 Å². The van der Waals surface area contributed by atoms with Crippen LogP contribution in [0.1, 0.15) is 24.1 Å². The lowest BCUT2D eigenvalue weighted by Crippen LogP contribution is -2.22. The smallest absolute Gasteiger partial charge is 0.0459 e. The average molecular weight is 263 g/mol. The average Bonchev–Trinajstić information content (AvgIpc) is 2.94. The Balaban J connectivity index is 1.85. The lowest BCUT2D eigenvalue weighted by Gasteiger charge is -2.14. The second-order valence-electron chi connectivity index (χ2n) is 5.22. The van der Waals surface area contributed by atoms with Crippen molar-refractivity contribution in [1.29, 1.82) is 0 Å². The van der Waals surface area contributed by atoms with Crippen LogP contribution in [0.4, 0.5) is 0 Å². The van der Waals surface area contributed by atoms with Gasteiger partial charge in [-0.25, -0.2) is 0 Å². The summed E-state index contributed by atoms with van der Waals surface area (Å²) in [6.45, 7) is 5.86. The van der Waals surface area contributed by atoms with Crippen molar-refractivity contribution in [3.05, 3.63) is 34.5 Å². The molecule has 0 aliphatic carbocycles. The molecule has 1 aromatic heterocycles. The Hall–Kier alpha value is -0.990. The SMILES string of the molecule is Cc1[nH]c2ccc(Cl)cc2c1CCN1CCCC1. The highest BCUT2D eigenvalue weighted by molar-refractivity contribution is 6.31. The number of fused-ring (bicyclic) bond motifs is 1. The van der Waals surface area contributed by atoms with Gasteiger partial charge < -0.3 is 9.88 Å². The summed E-state index contributed by atoms with van der Waals surface area (Å²) in [5, 5.41) is 2.11. The first kappa shape index (κ1) is 12.1. The fourth-order valence-corrected chi connectivity index (χ4v) is 3.13. The Bertz CT molecular complexity index is 553. The summed E-state index contributed by atoms with van der Waals surface area (Å²) in [5.41, 5.74) is 3.92. The van der Waals surface area contributed by atoms with Crippen molar-refractivity contribution in [3.63, 3.8) is 0 Å². The van der Waals surface area contributed by atoms with E-state index in [-0.39, 0.29) is 0 Å². The number of nitrogens with one attached hydrogen (secondary N) is 1. The predicted octanol–water partition coefficient (Wildman–Crippen LogP) is 3.77. The molecule has 0 amide bonds. The topological polar surface area (TPSA) is 19.0 Å². The minimum absolute atomic E-state index is 0.823. The van der Waals surface area contributed by atoms with Crippen LogP contribution in [0.5, 0.6) is 0 Å². The van der Waals surface area contributed by atoms with Gasteiger partial charge in [-0.1, -0.05) is 11.6 Å². The summed E-state index contributed by atoms with van der Waals surface area (Å²) in [6.07, 6.45) is 3.84. The van der Waals surface area contributed by atoms with E-state index in [4.69, 9.17) is 11.6 Å². The molecule has 18 heavy (non-hydrogen) atoms. The van der Waals surface area contributed by atoms with Crippen molar-refractivity contribution in [2.45, 2.75) is 26.2 Å². The summed E-state index contributed by atoms with van der Waals surface area (Å²) in [5.74, 6) is 0. The van der Waals surface area contributed by atoms with Gasteiger partial charge in [0.25, 0.3) is 0 Å². The molecule has 2 nitrogen and oxygen atoms in total. The molecular formula is C15H19ClN2. The monoisotopic (exact) mass is 262 g/mol. The van der Waals surface area contributed by atoms with Crippen LogP contribution in [-0.4, -0.2) is 29.5 Å². The molecule has 0 bridgehead atoms. The molecule has 1 aliphatic heterocycles. The van der Waals surface area contributed by atoms with E-state index in [9.17, 15) is 0 Å². The number of aromatic nitrogens is 1. The van der Waals surface area contributed by atoms with Gasteiger partial charge >= 0.3 is 0 Å². The highest BCUT2D eigenvalue weighted by Crippen LogP contribution is 2.26. The molecule has 3 rings (SSSR count). The minimum Gasteiger partial charge on any atom is -0.358 e. The predicted molar refractivity (Wildman–Crippen MR) is 77.4 cm³/mol. The minimum atomic E-state index is 0.823. The molecule has 0 saturated carbocycles. The molecular weight excluding hydrogens is 244 g/mol. The van der Waals surface area contributed by atoms with Crippen LogP contribution < -0.4 is 0 Å². The van der Waals surface area contributed by atoms with Gasteiger partial charge in [-0.2, -0.15) is 0 Å². The number of aryl methyl sites for hydroxylation is 1. The van der Waals surface area contributed by atoms with Crippen molar-refractivity contribution in [2.24, 2.45) is 0 Å². The molecule has 0 radical (unpaired) electrons. The van der Waals surface area contributed by atoms with Crippen LogP contribution >= 0.6 is 11.6 Å². The largest absolute Gasteiger partial charge is 0.358 e. The molecule has 0 atom stereocenters. The molecule has 1 aliphatic rings. The lowest BCUT2D eigenvalue weighted by molar-refractivity contribution is 0.343. The molecule has 1 aromatic carbocycles. The molecule has 2 aromatic rings. The van der Waals surface area contributed by atoms with Gasteiger partial charge in [-0.05, 0) is 63.0 Å². The van der Waals surface area contributed by atoms with Crippen molar-refractivity contribution in [3.8, 4) is 0 Å². The Labute approximate surface area is 113 Å². The van der Waals surface area contributed by atoms with E-state index in [1.165, 1.54) is 54.6 Å². The van der Waals surface area contributed by atoms with Gasteiger partial charge in [0.2, 0.25) is 0 Å². The van der Waals surface area contributed by atoms with Crippen LogP contribution in [0.2, 0.25) is 5.02 Å². The third-order valence-corrected chi connectivity index (χ3v) is 4.19. The number of H-pyrrole nitrogens is 1. The van der Waals surface area contributed by atoms with Crippen molar-refractivity contribution >= 4 is 22.5 Å². The molecule has 96 valence electrons. The number of nitrogens with zero attached hydrogens (tertiary/aromatic N) is 1. The number of rotatable bonds is 3. The van der Waals surface area contributed by atoms with E-state index >= 15 is 0 Å². The van der Waals surface area contributed by atoms with E-state index in [1.54, 1.807) is 0 Å². The molecule has 1 fully saturated rings. The first-order chi connectivity index (χ1) is 8.74. The standard InChI is InChI=1S/C15H19ClN2/c1-11-13(6-9-18-7-2-3-8-18)14-10-12(16)4-5-15(14)17-11/h4-5,10,17H,2-3,6-9H2,1H3. The summed E-state index contributed by atoms with van der Waals surface area (Å²) in [7, 11) is 0. The van der Waals surface area contributed by atoms with Gasteiger partial charge in [0, 0.05) is 28.2 Å². The van der Waals surface area contributed by atoms with Crippen molar-refractivity contribution in [2.75, 3.05) is 19.6 Å². The van der Waals surface area contributed by atoms with Crippen LogP contribution in [0.25, 0.3) is 10.9 Å². The highest BCUT2D eigenvalue weighted by Gasteiger charge is 2.14. The number of aromatic amines is 1. The number of hydrogen-bond acceptors (Lipinski definition) is 1. The Kier molecular flexibility index (Phi) is 3.31. The Morgan fingerprint density at radius 1 is 1.28 bits per heavy atom. The van der Waals surface area contributed by atoms with Crippen LogP contribution in [0.3, 0.4) is 0 Å². The number of benzene rings is 1. The summed E-state index contributed by atoms with van der Waals surface area (Å²) >= 11 is 6.10. The Morgan fingerprint density at radius 3 is 2.83 bits per heavy atom. The summed E-state index contributed by atoms with van der Waals surface area (Å²) < 4.78 is 0. The van der Waals surface area contributed by atoms with E-state index in [0.29, 0.717) is 0 Å². The first-order valence-corrected chi connectivity index (χ1v) is 7.11. The quantitative estimate of drug-likeness (QED) is 0.892. The molecule has 1 N–H and O–H groups in total. The van der Waals surface area contributed by atoms with Crippen LogP contribution in [-0.2, 0) is 6.42 Å². The lowest BCUT2D eigenvalue weighted by atomic mass is 10.1. The zero-order valence-electron chi connectivity index (χ0n) is 10.8. The number of halogens is 1. The normalized spacial score (nSPS) is 16.8. The molecule has 2 heterocycles. The van der Waals surface area contributed by atoms with E-state index in [1.807, 2.05) is 6.07 Å². The fraction of sp³-hybridized carbons (Fsp3) is 0.467. The molecule has 1 saturated heterocycles. The summed E-state index contributed by atoms with van der Waals surface area (Å²) in [4.78, 5) is 6.01. The fourth-order valence-electron chi connectivity index (χ4n) is 2.95. The number of likely N-dealkylation sites (tertiary alicyclic amines) is 1. The van der Waals surface area contributed by atoms with E-state index < -0.39 is 0 Å². The molecule has 3 heteroatoms. The van der Waals surface area contributed by atoms with Gasteiger partial charge in [0.15, 0.2) is 0 Å². The third kappa shape index (κ3) is 2.27. The third-order valence-electron chi connectivity index (χ3n) is 3.96. The maximum Gasteiger partial charge on any atom is 0.0459 e. The first-order valence-electron chi connectivity index (χ1n) is 6.73. The van der Waals surface area contributed by atoms with Gasteiger partial charge in [-0.3, -0.25) is 0 Å². The number of hydrogen-bond donors (Lipinski definition) is 1. The van der Waals surface area contributed by atoms with Gasteiger partial charge in [0.05, 0.1) is 0 Å². The zero-order chi connectivity index (χ0) is 12.5. The molecule has 0 unspecified atom stereocenters. The second-order valence-corrected chi connectivity index (χ2v) is 5.65. The van der Waals surface area contributed by atoms with Crippen molar-refractivity contribution < 1.29 is 0 Å². The van der Waals surface area contributed by atoms with E-state index in [0.717, 1.165) is 11.4 Å². The second kappa shape index (κ2) is 4.94. The van der Waals surface area contributed by atoms with Gasteiger partial charge in [-0.15, -0.1) is 0 Å². The Morgan fingerprint density at radius 2 is 2.06 bits per heavy atom. The molecule has 0 spiro atoms. The van der Waals surface area contributed by atoms with Crippen LogP contribution in [0, 0.1) is 6.92 Å². The van der Waals surface area contributed by atoms with Crippen molar-refractivity contribution in [1.82, 2.24) is 9.88 Å². The maximum absolute atomic E-state index is 6.10. The highest BCUT2D eigenvalue weighted by atomic mass is 35.5. The maximum atomic E-state index is 6.10. The van der Waals surface area contributed by atoms with Gasteiger partial charge in [0.1, 0.15) is 0 Å². The van der Waals surface area contributed by atoms with Crippen LogP contribution in [0.15, 0.2) is 18.2 Å².